The van der Waals surface area contributed by atoms with Gasteiger partial charge in [-0.1, -0.05) is 116 Å². The third-order valence-corrected chi connectivity index (χ3v) is 9.68. The molecule has 0 spiro atoms. The molecule has 0 N–H and O–H groups in total. The van der Waals surface area contributed by atoms with E-state index in [2.05, 4.69) is 144 Å². The Labute approximate surface area is 285 Å². The van der Waals surface area contributed by atoms with E-state index >= 15 is 0 Å². The molecule has 3 heteroatoms. The Morgan fingerprint density at radius 2 is 1.24 bits per heavy atom. The van der Waals surface area contributed by atoms with E-state index in [1.807, 2.05) is 48.8 Å². The van der Waals surface area contributed by atoms with E-state index in [9.17, 15) is 0 Å². The number of benzene rings is 6. The summed E-state index contributed by atoms with van der Waals surface area (Å²) in [4.78, 5) is 6.90. The van der Waals surface area contributed by atoms with Gasteiger partial charge in [-0.3, -0.25) is 0 Å². The third-order valence-electron chi connectivity index (χ3n) is 9.68. The van der Waals surface area contributed by atoms with Gasteiger partial charge in [0.1, 0.15) is 5.65 Å². The van der Waals surface area contributed by atoms with Crippen molar-refractivity contribution in [2.45, 2.75) is 6.92 Å². The lowest BCUT2D eigenvalue weighted by atomic mass is 9.87. The molecule has 49 heavy (non-hydrogen) atoms. The molecule has 3 nitrogen and oxygen atoms in total. The van der Waals surface area contributed by atoms with E-state index < -0.39 is 0 Å². The van der Waals surface area contributed by atoms with Crippen LogP contribution in [0.3, 0.4) is 0 Å². The van der Waals surface area contributed by atoms with Gasteiger partial charge in [-0.15, -0.1) is 0 Å². The molecular formula is C46H33N3. The highest BCUT2D eigenvalue weighted by molar-refractivity contribution is 6.25. The zero-order chi connectivity index (χ0) is 32.9. The molecule has 0 unspecified atom stereocenters. The molecule has 0 saturated carbocycles. The van der Waals surface area contributed by atoms with Crippen LogP contribution in [-0.2, 0) is 0 Å². The summed E-state index contributed by atoms with van der Waals surface area (Å²) in [6.07, 6.45) is 14.4. The SMILES string of the molecule is C=C1C=CC=CN1/C=C(\C)c1ccc(-c2cc3cc(-c4ccc(-c5cn6ccccc6n5)cc4)c4ccccc4c3c3ccccc23)cc1. The van der Waals surface area contributed by atoms with Gasteiger partial charge >= 0.3 is 0 Å². The highest BCUT2D eigenvalue weighted by Gasteiger charge is 2.15. The summed E-state index contributed by atoms with van der Waals surface area (Å²) in [5.74, 6) is 0. The number of hydrogen-bond acceptors (Lipinski definition) is 2. The average Bonchev–Trinajstić information content (AvgIpc) is 3.60. The Hall–Kier alpha value is -6.45. The molecule has 1 aliphatic rings. The van der Waals surface area contributed by atoms with Crippen LogP contribution in [0.1, 0.15) is 12.5 Å². The van der Waals surface area contributed by atoms with Crippen LogP contribution in [0.15, 0.2) is 183 Å². The van der Waals surface area contributed by atoms with E-state index in [0.717, 1.165) is 22.6 Å². The highest BCUT2D eigenvalue weighted by Crippen LogP contribution is 2.42. The summed E-state index contributed by atoms with van der Waals surface area (Å²) >= 11 is 0. The number of hydrogen-bond donors (Lipinski definition) is 0. The first-order valence-corrected chi connectivity index (χ1v) is 16.6. The summed E-state index contributed by atoms with van der Waals surface area (Å²) < 4.78 is 2.07. The van der Waals surface area contributed by atoms with Crippen LogP contribution in [0.4, 0.5) is 0 Å². The molecule has 0 bridgehead atoms. The van der Waals surface area contributed by atoms with Crippen molar-refractivity contribution in [2.24, 2.45) is 0 Å². The van der Waals surface area contributed by atoms with Gasteiger partial charge in [0.05, 0.1) is 5.69 Å². The van der Waals surface area contributed by atoms with Crippen LogP contribution in [0.25, 0.3) is 77.0 Å². The Bertz CT molecular complexity index is 2630. The standard InChI is InChI=1S/C46H33N3/c1-31(29-48-25-9-7-11-32(48)2)33-17-19-34(20-18-33)42-27-37-28-43(39-13-4-6-15-41(39)46(37)40-14-5-3-12-38(40)42)35-21-23-36(24-22-35)44-30-49-26-10-8-16-45(49)47-44/h3-30H,2H2,1H3/b31-29+. The molecule has 1 aliphatic heterocycles. The zero-order valence-electron chi connectivity index (χ0n) is 27.2. The molecule has 2 aromatic heterocycles. The minimum absolute atomic E-state index is 0.949. The topological polar surface area (TPSA) is 20.5 Å². The van der Waals surface area contributed by atoms with Gasteiger partial charge in [-0.25, -0.2) is 4.98 Å². The van der Waals surface area contributed by atoms with E-state index in [4.69, 9.17) is 4.98 Å². The van der Waals surface area contributed by atoms with Gasteiger partial charge in [-0.2, -0.15) is 0 Å². The number of imidazole rings is 1. The Morgan fingerprint density at radius 3 is 1.88 bits per heavy atom. The second-order valence-electron chi connectivity index (χ2n) is 12.7. The maximum absolute atomic E-state index is 4.84. The molecule has 6 aromatic carbocycles. The van der Waals surface area contributed by atoms with Crippen molar-refractivity contribution in [1.82, 2.24) is 14.3 Å². The van der Waals surface area contributed by atoms with Gasteiger partial charge < -0.3 is 9.30 Å². The van der Waals surface area contributed by atoms with Crippen molar-refractivity contribution < 1.29 is 0 Å². The molecule has 0 aliphatic carbocycles. The van der Waals surface area contributed by atoms with E-state index in [1.54, 1.807) is 0 Å². The van der Waals surface area contributed by atoms with Gasteiger partial charge in [0, 0.05) is 36.1 Å². The van der Waals surface area contributed by atoms with Crippen molar-refractivity contribution >= 4 is 43.5 Å². The minimum atomic E-state index is 0.949. The van der Waals surface area contributed by atoms with Gasteiger partial charge in [0.15, 0.2) is 0 Å². The zero-order valence-corrected chi connectivity index (χ0v) is 27.2. The molecule has 9 rings (SSSR count). The molecule has 3 heterocycles. The largest absolute Gasteiger partial charge is 0.324 e. The lowest BCUT2D eigenvalue weighted by Crippen LogP contribution is -2.08. The Morgan fingerprint density at radius 1 is 0.653 bits per heavy atom. The number of fused-ring (bicyclic) bond motifs is 6. The predicted molar refractivity (Wildman–Crippen MR) is 207 cm³/mol. The molecule has 8 aromatic rings. The van der Waals surface area contributed by atoms with Gasteiger partial charge in [0.2, 0.25) is 0 Å². The Balaban J connectivity index is 1.16. The van der Waals surface area contributed by atoms with Gasteiger partial charge in [0.25, 0.3) is 0 Å². The first-order valence-electron chi connectivity index (χ1n) is 16.6. The van der Waals surface area contributed by atoms with Crippen molar-refractivity contribution in [3.8, 4) is 33.5 Å². The first-order chi connectivity index (χ1) is 24.1. The first kappa shape index (κ1) is 28.7. The molecular weight excluding hydrogens is 595 g/mol. The smallest absolute Gasteiger partial charge is 0.137 e. The molecule has 0 amide bonds. The normalized spacial score (nSPS) is 13.4. The second-order valence-corrected chi connectivity index (χ2v) is 12.7. The Kier molecular flexibility index (Phi) is 6.84. The van der Waals surface area contributed by atoms with Crippen molar-refractivity contribution in [1.29, 1.82) is 0 Å². The number of nitrogens with zero attached hydrogens (tertiary/aromatic N) is 3. The number of aromatic nitrogens is 2. The van der Waals surface area contributed by atoms with E-state index in [1.165, 1.54) is 65.7 Å². The van der Waals surface area contributed by atoms with Crippen LogP contribution in [0.5, 0.6) is 0 Å². The maximum Gasteiger partial charge on any atom is 0.137 e. The van der Waals surface area contributed by atoms with Crippen LogP contribution in [0, 0.1) is 0 Å². The van der Waals surface area contributed by atoms with Crippen LogP contribution < -0.4 is 0 Å². The number of pyridine rings is 1. The van der Waals surface area contributed by atoms with E-state index in [-0.39, 0.29) is 0 Å². The fraction of sp³-hybridized carbons (Fsp3) is 0.0217. The van der Waals surface area contributed by atoms with Gasteiger partial charge in [-0.05, 0) is 109 Å². The summed E-state index contributed by atoms with van der Waals surface area (Å²) in [5, 5.41) is 7.56. The second kappa shape index (κ2) is 11.7. The van der Waals surface area contributed by atoms with Crippen molar-refractivity contribution in [2.75, 3.05) is 0 Å². The third kappa shape index (κ3) is 5.04. The van der Waals surface area contributed by atoms with Crippen LogP contribution in [-0.4, -0.2) is 14.3 Å². The summed E-state index contributed by atoms with van der Waals surface area (Å²) in [6, 6.07) is 46.3. The minimum Gasteiger partial charge on any atom is -0.324 e. The average molecular weight is 628 g/mol. The maximum atomic E-state index is 4.84. The molecule has 0 fully saturated rings. The number of rotatable bonds is 5. The molecule has 0 saturated heterocycles. The monoisotopic (exact) mass is 627 g/mol. The number of allylic oxidation sites excluding steroid dienone is 4. The van der Waals surface area contributed by atoms with Crippen LogP contribution >= 0.6 is 0 Å². The predicted octanol–water partition coefficient (Wildman–Crippen LogP) is 12.1. The lowest BCUT2D eigenvalue weighted by Gasteiger charge is -2.19. The summed E-state index contributed by atoms with van der Waals surface area (Å²) in [6.45, 7) is 6.31. The molecule has 0 atom stereocenters. The fourth-order valence-corrected chi connectivity index (χ4v) is 7.17. The van der Waals surface area contributed by atoms with E-state index in [0.29, 0.717) is 0 Å². The van der Waals surface area contributed by atoms with Crippen molar-refractivity contribution in [3.05, 3.63) is 188 Å². The lowest BCUT2D eigenvalue weighted by molar-refractivity contribution is 0.650. The molecule has 0 radical (unpaired) electrons. The summed E-state index contributed by atoms with van der Waals surface area (Å²) in [7, 11) is 0. The van der Waals surface area contributed by atoms with Crippen LogP contribution in [0.2, 0.25) is 0 Å². The highest BCUT2D eigenvalue weighted by atomic mass is 15.1. The molecule has 232 valence electrons. The van der Waals surface area contributed by atoms with Crippen molar-refractivity contribution in [3.63, 3.8) is 0 Å². The summed E-state index contributed by atoms with van der Waals surface area (Å²) in [5.41, 5.74) is 11.2. The fourth-order valence-electron chi connectivity index (χ4n) is 7.17. The quantitative estimate of drug-likeness (QED) is 0.177.